The predicted octanol–water partition coefficient (Wildman–Crippen LogP) is 2.31. The number of hydrogen-bond acceptors (Lipinski definition) is 4. The molecule has 100 valence electrons. The summed E-state index contributed by atoms with van der Waals surface area (Å²) in [5, 5.41) is 0. The van der Waals surface area contributed by atoms with E-state index in [0.717, 1.165) is 5.82 Å². The van der Waals surface area contributed by atoms with Crippen LogP contribution in [0.25, 0.3) is 0 Å². The Bertz CT molecular complexity index is 449. The molecule has 0 spiro atoms. The molecule has 5 nitrogen and oxygen atoms in total. The van der Waals surface area contributed by atoms with Crippen molar-refractivity contribution >= 4 is 11.8 Å². The lowest BCUT2D eigenvalue weighted by Gasteiger charge is -2.33. The Balaban J connectivity index is 2.28. The van der Waals surface area contributed by atoms with Gasteiger partial charge in [0.05, 0.1) is 6.61 Å². The molecule has 1 saturated carbocycles. The van der Waals surface area contributed by atoms with Crippen LogP contribution in [0.2, 0.25) is 0 Å². The molecule has 1 aromatic rings. The van der Waals surface area contributed by atoms with Crippen molar-refractivity contribution in [3.05, 3.63) is 11.5 Å². The maximum atomic E-state index is 11.7. The standard InChI is InChI=1S/C13H21N3O2/c1-4-18-13(17)11-12(14)16(9(3)15-11)8(2)10-6-5-7-10/h8,10H,4-7,14H2,1-3H3. The van der Waals surface area contributed by atoms with E-state index in [4.69, 9.17) is 10.5 Å². The third kappa shape index (κ3) is 2.09. The molecule has 0 saturated heterocycles. The van der Waals surface area contributed by atoms with Crippen LogP contribution in [-0.4, -0.2) is 22.1 Å². The van der Waals surface area contributed by atoms with Gasteiger partial charge in [-0.2, -0.15) is 0 Å². The monoisotopic (exact) mass is 251 g/mol. The lowest BCUT2D eigenvalue weighted by Crippen LogP contribution is -2.24. The number of aryl methyl sites for hydroxylation is 1. The smallest absolute Gasteiger partial charge is 0.360 e. The fraction of sp³-hybridized carbons (Fsp3) is 0.692. The Labute approximate surface area is 107 Å². The number of nitrogen functional groups attached to an aromatic ring is 1. The second-order valence-corrected chi connectivity index (χ2v) is 4.91. The van der Waals surface area contributed by atoms with E-state index >= 15 is 0 Å². The van der Waals surface area contributed by atoms with Gasteiger partial charge in [-0.25, -0.2) is 9.78 Å². The molecule has 5 heteroatoms. The van der Waals surface area contributed by atoms with Gasteiger partial charge in [0.2, 0.25) is 0 Å². The van der Waals surface area contributed by atoms with Crippen LogP contribution in [0.15, 0.2) is 0 Å². The Morgan fingerprint density at radius 1 is 1.61 bits per heavy atom. The number of ether oxygens (including phenoxy) is 1. The van der Waals surface area contributed by atoms with Gasteiger partial charge in [0.1, 0.15) is 11.6 Å². The Morgan fingerprint density at radius 3 is 2.78 bits per heavy atom. The van der Waals surface area contributed by atoms with Crippen LogP contribution in [0.1, 0.15) is 55.5 Å². The Kier molecular flexibility index (Phi) is 3.59. The number of aromatic nitrogens is 2. The molecule has 2 N–H and O–H groups in total. The number of anilines is 1. The maximum Gasteiger partial charge on any atom is 0.360 e. The molecule has 1 heterocycles. The zero-order valence-corrected chi connectivity index (χ0v) is 11.3. The van der Waals surface area contributed by atoms with Gasteiger partial charge in [0.15, 0.2) is 5.69 Å². The molecule has 1 aliphatic carbocycles. The fourth-order valence-corrected chi connectivity index (χ4v) is 2.56. The first-order valence-corrected chi connectivity index (χ1v) is 6.57. The van der Waals surface area contributed by atoms with Crippen LogP contribution in [-0.2, 0) is 4.74 Å². The molecular formula is C13H21N3O2. The lowest BCUT2D eigenvalue weighted by atomic mass is 9.80. The second kappa shape index (κ2) is 5.00. The van der Waals surface area contributed by atoms with Crippen LogP contribution in [0.5, 0.6) is 0 Å². The van der Waals surface area contributed by atoms with Crippen molar-refractivity contribution in [2.75, 3.05) is 12.3 Å². The summed E-state index contributed by atoms with van der Waals surface area (Å²) < 4.78 is 6.93. The zero-order valence-electron chi connectivity index (χ0n) is 11.3. The molecule has 0 bridgehead atoms. The van der Waals surface area contributed by atoms with Crippen LogP contribution in [0, 0.1) is 12.8 Å². The molecule has 0 amide bonds. The molecule has 1 aromatic heterocycles. The van der Waals surface area contributed by atoms with E-state index in [9.17, 15) is 4.79 Å². The van der Waals surface area contributed by atoms with E-state index in [0.29, 0.717) is 24.4 Å². The average Bonchev–Trinajstić information content (AvgIpc) is 2.52. The van der Waals surface area contributed by atoms with Crippen molar-refractivity contribution in [2.24, 2.45) is 5.92 Å². The minimum atomic E-state index is -0.433. The summed E-state index contributed by atoms with van der Waals surface area (Å²) in [5.41, 5.74) is 6.30. The van der Waals surface area contributed by atoms with Gasteiger partial charge in [-0.3, -0.25) is 0 Å². The van der Waals surface area contributed by atoms with Crippen molar-refractivity contribution in [1.82, 2.24) is 9.55 Å². The van der Waals surface area contributed by atoms with Crippen molar-refractivity contribution in [1.29, 1.82) is 0 Å². The lowest BCUT2D eigenvalue weighted by molar-refractivity contribution is 0.0521. The van der Waals surface area contributed by atoms with E-state index in [1.165, 1.54) is 19.3 Å². The minimum Gasteiger partial charge on any atom is -0.461 e. The molecule has 2 rings (SSSR count). The van der Waals surface area contributed by atoms with Crippen LogP contribution < -0.4 is 5.73 Å². The summed E-state index contributed by atoms with van der Waals surface area (Å²) in [7, 11) is 0. The van der Waals surface area contributed by atoms with Gasteiger partial charge >= 0.3 is 5.97 Å². The highest BCUT2D eigenvalue weighted by atomic mass is 16.5. The van der Waals surface area contributed by atoms with Gasteiger partial charge in [-0.05, 0) is 39.5 Å². The molecule has 1 aliphatic rings. The summed E-state index contributed by atoms with van der Waals surface area (Å²) in [6.07, 6.45) is 3.74. The summed E-state index contributed by atoms with van der Waals surface area (Å²) in [6.45, 7) is 6.13. The molecule has 0 aliphatic heterocycles. The molecule has 0 radical (unpaired) electrons. The molecule has 0 aromatic carbocycles. The summed E-state index contributed by atoms with van der Waals surface area (Å²) in [5.74, 6) is 1.44. The van der Waals surface area contributed by atoms with Crippen molar-refractivity contribution < 1.29 is 9.53 Å². The highest BCUT2D eigenvalue weighted by Crippen LogP contribution is 2.38. The number of imidazole rings is 1. The first-order chi connectivity index (χ1) is 8.56. The summed E-state index contributed by atoms with van der Waals surface area (Å²) in [6, 6.07) is 0.300. The van der Waals surface area contributed by atoms with Gasteiger partial charge in [-0.1, -0.05) is 6.42 Å². The first-order valence-electron chi connectivity index (χ1n) is 6.57. The highest BCUT2D eigenvalue weighted by molar-refractivity contribution is 5.92. The first kappa shape index (κ1) is 12.9. The quantitative estimate of drug-likeness (QED) is 0.834. The number of carbonyl (C=O) groups excluding carboxylic acids is 1. The number of nitrogens with zero attached hydrogens (tertiary/aromatic N) is 2. The van der Waals surface area contributed by atoms with E-state index in [-0.39, 0.29) is 5.69 Å². The molecular weight excluding hydrogens is 230 g/mol. The van der Waals surface area contributed by atoms with Gasteiger partial charge in [0.25, 0.3) is 0 Å². The van der Waals surface area contributed by atoms with Crippen LogP contribution in [0.3, 0.4) is 0 Å². The third-order valence-electron chi connectivity index (χ3n) is 3.83. The molecule has 1 unspecified atom stereocenters. The van der Waals surface area contributed by atoms with E-state index in [1.54, 1.807) is 6.92 Å². The normalized spacial score (nSPS) is 17.3. The van der Waals surface area contributed by atoms with Gasteiger partial charge in [0, 0.05) is 6.04 Å². The van der Waals surface area contributed by atoms with Crippen molar-refractivity contribution in [3.8, 4) is 0 Å². The van der Waals surface area contributed by atoms with Crippen molar-refractivity contribution in [2.45, 2.75) is 46.1 Å². The predicted molar refractivity (Wildman–Crippen MR) is 69.4 cm³/mol. The molecule has 1 fully saturated rings. The topological polar surface area (TPSA) is 70.1 Å². The minimum absolute atomic E-state index is 0.250. The molecule has 18 heavy (non-hydrogen) atoms. The second-order valence-electron chi connectivity index (χ2n) is 4.91. The SMILES string of the molecule is CCOC(=O)c1nc(C)n(C(C)C2CCC2)c1N. The number of hydrogen-bond donors (Lipinski definition) is 1. The largest absolute Gasteiger partial charge is 0.461 e. The third-order valence-corrected chi connectivity index (χ3v) is 3.83. The van der Waals surface area contributed by atoms with Crippen LogP contribution >= 0.6 is 0 Å². The summed E-state index contributed by atoms with van der Waals surface area (Å²) >= 11 is 0. The van der Waals surface area contributed by atoms with Crippen molar-refractivity contribution in [3.63, 3.8) is 0 Å². The van der Waals surface area contributed by atoms with E-state index < -0.39 is 5.97 Å². The molecule has 1 atom stereocenters. The Morgan fingerprint density at radius 2 is 2.28 bits per heavy atom. The maximum absolute atomic E-state index is 11.7. The number of nitrogens with two attached hydrogens (primary N) is 1. The Hall–Kier alpha value is -1.52. The van der Waals surface area contributed by atoms with Gasteiger partial charge < -0.3 is 15.0 Å². The number of rotatable bonds is 4. The van der Waals surface area contributed by atoms with E-state index in [1.807, 2.05) is 11.5 Å². The fourth-order valence-electron chi connectivity index (χ4n) is 2.56. The average molecular weight is 251 g/mol. The zero-order chi connectivity index (χ0) is 13.3. The van der Waals surface area contributed by atoms with E-state index in [2.05, 4.69) is 11.9 Å². The van der Waals surface area contributed by atoms with Crippen LogP contribution in [0.4, 0.5) is 5.82 Å². The number of esters is 1. The number of carbonyl (C=O) groups is 1. The highest BCUT2D eigenvalue weighted by Gasteiger charge is 2.29. The van der Waals surface area contributed by atoms with Gasteiger partial charge in [-0.15, -0.1) is 0 Å². The summed E-state index contributed by atoms with van der Waals surface area (Å²) in [4.78, 5) is 16.0.